The summed E-state index contributed by atoms with van der Waals surface area (Å²) in [5, 5.41) is 3.45. The lowest BCUT2D eigenvalue weighted by Gasteiger charge is -2.20. The lowest BCUT2D eigenvalue weighted by Crippen LogP contribution is -2.21. The molecule has 0 amide bonds. The summed E-state index contributed by atoms with van der Waals surface area (Å²) in [5.41, 5.74) is 3.48. The monoisotopic (exact) mass is 284 g/mol. The predicted molar refractivity (Wildman–Crippen MR) is 87.3 cm³/mol. The summed E-state index contributed by atoms with van der Waals surface area (Å²) >= 11 is 0. The van der Waals surface area contributed by atoms with E-state index in [4.69, 9.17) is 0 Å². The van der Waals surface area contributed by atoms with E-state index in [1.165, 1.54) is 5.56 Å². The highest BCUT2D eigenvalue weighted by Crippen LogP contribution is 2.19. The summed E-state index contributed by atoms with van der Waals surface area (Å²) in [7, 11) is 2.08. The molecule has 0 aromatic carbocycles. The van der Waals surface area contributed by atoms with Gasteiger partial charge >= 0.3 is 0 Å². The highest BCUT2D eigenvalue weighted by Gasteiger charge is 2.10. The Kier molecular flexibility index (Phi) is 5.69. The Balaban J connectivity index is 2.04. The molecule has 0 fully saturated rings. The SMILES string of the molecule is CCNC(CC)c1ccc(N(C)Cc2ccncc2)cn1. The van der Waals surface area contributed by atoms with Gasteiger partial charge in [-0.25, -0.2) is 0 Å². The van der Waals surface area contributed by atoms with E-state index in [0.717, 1.165) is 30.9 Å². The first-order valence-electron chi connectivity index (χ1n) is 7.54. The van der Waals surface area contributed by atoms with E-state index in [0.29, 0.717) is 6.04 Å². The van der Waals surface area contributed by atoms with Crippen molar-refractivity contribution in [2.75, 3.05) is 18.5 Å². The number of hydrogen-bond acceptors (Lipinski definition) is 4. The highest BCUT2D eigenvalue weighted by molar-refractivity contribution is 5.44. The molecule has 2 heterocycles. The lowest BCUT2D eigenvalue weighted by molar-refractivity contribution is 0.525. The zero-order chi connectivity index (χ0) is 15.1. The largest absolute Gasteiger partial charge is 0.369 e. The number of nitrogens with one attached hydrogen (secondary N) is 1. The van der Waals surface area contributed by atoms with Crippen LogP contribution in [0, 0.1) is 0 Å². The molecule has 2 aromatic heterocycles. The van der Waals surface area contributed by atoms with Gasteiger partial charge in [-0.1, -0.05) is 13.8 Å². The van der Waals surface area contributed by atoms with Crippen LogP contribution in [-0.4, -0.2) is 23.6 Å². The van der Waals surface area contributed by atoms with Crippen molar-refractivity contribution in [3.05, 3.63) is 54.1 Å². The molecule has 0 bridgehead atoms. The van der Waals surface area contributed by atoms with Crippen LogP contribution in [-0.2, 0) is 6.54 Å². The van der Waals surface area contributed by atoms with Crippen molar-refractivity contribution in [3.63, 3.8) is 0 Å². The van der Waals surface area contributed by atoms with E-state index in [1.807, 2.05) is 30.7 Å². The lowest BCUT2D eigenvalue weighted by atomic mass is 10.1. The minimum Gasteiger partial charge on any atom is -0.369 e. The molecule has 21 heavy (non-hydrogen) atoms. The fraction of sp³-hybridized carbons (Fsp3) is 0.412. The molecule has 112 valence electrons. The van der Waals surface area contributed by atoms with Crippen LogP contribution in [0.4, 0.5) is 5.69 Å². The number of rotatable bonds is 7. The van der Waals surface area contributed by atoms with Crippen LogP contribution < -0.4 is 10.2 Å². The molecule has 1 unspecified atom stereocenters. The molecule has 1 N–H and O–H groups in total. The van der Waals surface area contributed by atoms with Crippen LogP contribution in [0.1, 0.15) is 37.6 Å². The topological polar surface area (TPSA) is 41.0 Å². The van der Waals surface area contributed by atoms with Gasteiger partial charge in [-0.05, 0) is 42.8 Å². The summed E-state index contributed by atoms with van der Waals surface area (Å²) in [5.74, 6) is 0. The summed E-state index contributed by atoms with van der Waals surface area (Å²) in [4.78, 5) is 10.9. The molecule has 4 nitrogen and oxygen atoms in total. The van der Waals surface area contributed by atoms with Crippen molar-refractivity contribution in [1.82, 2.24) is 15.3 Å². The average Bonchev–Trinajstić information content (AvgIpc) is 2.54. The molecule has 2 aromatic rings. The zero-order valence-corrected chi connectivity index (χ0v) is 13.1. The summed E-state index contributed by atoms with van der Waals surface area (Å²) in [6.07, 6.45) is 6.66. The Morgan fingerprint density at radius 2 is 1.90 bits per heavy atom. The van der Waals surface area contributed by atoms with Crippen molar-refractivity contribution in [3.8, 4) is 0 Å². The molecule has 0 saturated carbocycles. The predicted octanol–water partition coefficient (Wildman–Crippen LogP) is 3.17. The Labute approximate surface area is 127 Å². The third kappa shape index (κ3) is 4.26. The molecule has 0 spiro atoms. The molecule has 0 aliphatic rings. The van der Waals surface area contributed by atoms with Crippen LogP contribution in [0.5, 0.6) is 0 Å². The van der Waals surface area contributed by atoms with E-state index in [1.54, 1.807) is 0 Å². The maximum atomic E-state index is 4.61. The molecule has 1 atom stereocenters. The minimum atomic E-state index is 0.342. The number of hydrogen-bond donors (Lipinski definition) is 1. The van der Waals surface area contributed by atoms with Gasteiger partial charge in [-0.3, -0.25) is 9.97 Å². The summed E-state index contributed by atoms with van der Waals surface area (Å²) in [6.45, 7) is 6.12. The molecular weight excluding hydrogens is 260 g/mol. The maximum Gasteiger partial charge on any atom is 0.0574 e. The van der Waals surface area contributed by atoms with Crippen LogP contribution in [0.25, 0.3) is 0 Å². The van der Waals surface area contributed by atoms with Gasteiger partial charge in [0.05, 0.1) is 17.6 Å². The molecule has 0 radical (unpaired) electrons. The number of pyridine rings is 2. The van der Waals surface area contributed by atoms with E-state index in [-0.39, 0.29) is 0 Å². The smallest absolute Gasteiger partial charge is 0.0574 e. The molecular formula is C17H24N4. The number of anilines is 1. The first-order valence-corrected chi connectivity index (χ1v) is 7.54. The normalized spacial score (nSPS) is 12.1. The second-order valence-electron chi connectivity index (χ2n) is 5.17. The number of nitrogens with zero attached hydrogens (tertiary/aromatic N) is 3. The van der Waals surface area contributed by atoms with Crippen molar-refractivity contribution in [2.45, 2.75) is 32.9 Å². The first kappa shape index (κ1) is 15.4. The molecule has 0 aliphatic carbocycles. The van der Waals surface area contributed by atoms with Crippen LogP contribution in [0.15, 0.2) is 42.9 Å². The van der Waals surface area contributed by atoms with Gasteiger partial charge in [0.2, 0.25) is 0 Å². The Bertz CT molecular complexity index is 524. The van der Waals surface area contributed by atoms with Gasteiger partial charge in [-0.2, -0.15) is 0 Å². The molecule has 2 rings (SSSR count). The Morgan fingerprint density at radius 3 is 2.48 bits per heavy atom. The highest BCUT2D eigenvalue weighted by atomic mass is 15.1. The van der Waals surface area contributed by atoms with Crippen LogP contribution >= 0.6 is 0 Å². The van der Waals surface area contributed by atoms with Crippen molar-refractivity contribution in [1.29, 1.82) is 0 Å². The summed E-state index contributed by atoms with van der Waals surface area (Å²) < 4.78 is 0. The van der Waals surface area contributed by atoms with Crippen molar-refractivity contribution < 1.29 is 0 Å². The zero-order valence-electron chi connectivity index (χ0n) is 13.1. The number of aromatic nitrogens is 2. The molecule has 0 saturated heterocycles. The average molecular weight is 284 g/mol. The van der Waals surface area contributed by atoms with Gasteiger partial charge in [-0.15, -0.1) is 0 Å². The van der Waals surface area contributed by atoms with Crippen LogP contribution in [0.3, 0.4) is 0 Å². The fourth-order valence-electron chi connectivity index (χ4n) is 2.39. The van der Waals surface area contributed by atoms with E-state index in [2.05, 4.69) is 53.2 Å². The Hall–Kier alpha value is -1.94. The first-order chi connectivity index (χ1) is 10.2. The van der Waals surface area contributed by atoms with Crippen LogP contribution in [0.2, 0.25) is 0 Å². The van der Waals surface area contributed by atoms with E-state index in [9.17, 15) is 0 Å². The second-order valence-corrected chi connectivity index (χ2v) is 5.17. The van der Waals surface area contributed by atoms with Crippen molar-refractivity contribution >= 4 is 5.69 Å². The standard InChI is InChI=1S/C17H24N4/c1-4-16(19-5-2)17-7-6-15(12-20-17)21(3)13-14-8-10-18-11-9-14/h6-12,16,19H,4-5,13H2,1-3H3. The van der Waals surface area contributed by atoms with Gasteiger partial charge in [0.25, 0.3) is 0 Å². The molecule has 0 aliphatic heterocycles. The third-order valence-electron chi connectivity index (χ3n) is 3.60. The van der Waals surface area contributed by atoms with E-state index >= 15 is 0 Å². The third-order valence-corrected chi connectivity index (χ3v) is 3.60. The maximum absolute atomic E-state index is 4.61. The van der Waals surface area contributed by atoms with Gasteiger partial charge in [0, 0.05) is 32.0 Å². The minimum absolute atomic E-state index is 0.342. The van der Waals surface area contributed by atoms with Gasteiger partial charge in [0.1, 0.15) is 0 Å². The van der Waals surface area contributed by atoms with Gasteiger partial charge < -0.3 is 10.2 Å². The van der Waals surface area contributed by atoms with E-state index < -0.39 is 0 Å². The molecule has 4 heteroatoms. The Morgan fingerprint density at radius 1 is 1.14 bits per heavy atom. The van der Waals surface area contributed by atoms with Crippen molar-refractivity contribution in [2.24, 2.45) is 0 Å². The van der Waals surface area contributed by atoms with Gasteiger partial charge in [0.15, 0.2) is 0 Å². The fourth-order valence-corrected chi connectivity index (χ4v) is 2.39. The quantitative estimate of drug-likeness (QED) is 0.848. The summed E-state index contributed by atoms with van der Waals surface area (Å²) in [6, 6.07) is 8.68. The second kappa shape index (κ2) is 7.74.